The summed E-state index contributed by atoms with van der Waals surface area (Å²) in [6.07, 6.45) is 3.69. The van der Waals surface area contributed by atoms with Crippen molar-refractivity contribution in [3.63, 3.8) is 0 Å². The molecule has 3 aromatic carbocycles. The van der Waals surface area contributed by atoms with Crippen LogP contribution in [-0.2, 0) is 19.7 Å². The number of rotatable bonds is 10. The van der Waals surface area contributed by atoms with Crippen LogP contribution >= 0.6 is 0 Å². The van der Waals surface area contributed by atoms with E-state index in [0.29, 0.717) is 42.5 Å². The van der Waals surface area contributed by atoms with E-state index in [9.17, 15) is 4.79 Å². The van der Waals surface area contributed by atoms with E-state index in [-0.39, 0.29) is 5.91 Å². The smallest absolute Gasteiger partial charge is 0.251 e. The largest absolute Gasteiger partial charge is 0.493 e. The molecule has 1 aromatic heterocycles. The van der Waals surface area contributed by atoms with E-state index >= 15 is 0 Å². The number of hydrogen-bond donors (Lipinski definition) is 1. The summed E-state index contributed by atoms with van der Waals surface area (Å²) in [4.78, 5) is 12.8. The first-order valence-electron chi connectivity index (χ1n) is 10.9. The molecule has 7 nitrogen and oxygen atoms in total. The Bertz CT molecular complexity index is 1180. The summed E-state index contributed by atoms with van der Waals surface area (Å²) in [6.45, 7) is 1.46. The van der Waals surface area contributed by atoms with E-state index in [0.717, 1.165) is 16.7 Å². The molecule has 0 aliphatic heterocycles. The normalized spacial score (nSPS) is 10.5. The summed E-state index contributed by atoms with van der Waals surface area (Å²) in [5, 5.41) is 7.17. The van der Waals surface area contributed by atoms with Gasteiger partial charge < -0.3 is 19.5 Å². The van der Waals surface area contributed by atoms with Gasteiger partial charge in [0.15, 0.2) is 11.5 Å². The van der Waals surface area contributed by atoms with Crippen LogP contribution in [0, 0.1) is 0 Å². The second kappa shape index (κ2) is 11.0. The zero-order valence-corrected chi connectivity index (χ0v) is 19.2. The fourth-order valence-corrected chi connectivity index (χ4v) is 3.51. The van der Waals surface area contributed by atoms with Crippen LogP contribution in [0.3, 0.4) is 0 Å². The van der Waals surface area contributed by atoms with Crippen molar-refractivity contribution < 1.29 is 19.0 Å². The third-order valence-electron chi connectivity index (χ3n) is 5.33. The third kappa shape index (κ3) is 5.75. The van der Waals surface area contributed by atoms with E-state index in [1.807, 2.05) is 71.5 Å². The Labute approximate surface area is 198 Å². The first-order valence-corrected chi connectivity index (χ1v) is 10.9. The predicted octanol–water partition coefficient (Wildman–Crippen LogP) is 4.46. The number of hydrogen-bond acceptors (Lipinski definition) is 5. The first-order chi connectivity index (χ1) is 16.7. The number of methoxy groups -OCH3 is 2. The van der Waals surface area contributed by atoms with Crippen LogP contribution in [0.2, 0.25) is 0 Å². The highest BCUT2D eigenvalue weighted by Crippen LogP contribution is 2.39. The quantitative estimate of drug-likeness (QED) is 0.381. The van der Waals surface area contributed by atoms with Gasteiger partial charge in [-0.2, -0.15) is 5.10 Å². The van der Waals surface area contributed by atoms with Gasteiger partial charge in [-0.1, -0.05) is 54.6 Å². The number of benzene rings is 3. The topological polar surface area (TPSA) is 74.6 Å². The van der Waals surface area contributed by atoms with Gasteiger partial charge in [0.2, 0.25) is 5.75 Å². The molecule has 4 rings (SSSR count). The molecule has 1 N–H and O–H groups in total. The predicted molar refractivity (Wildman–Crippen MR) is 129 cm³/mol. The van der Waals surface area contributed by atoms with Crippen LogP contribution in [0.1, 0.15) is 27.0 Å². The molecule has 0 bridgehead atoms. The number of carbonyl (C=O) groups is 1. The zero-order chi connectivity index (χ0) is 23.8. The van der Waals surface area contributed by atoms with E-state index in [2.05, 4.69) is 10.4 Å². The zero-order valence-electron chi connectivity index (χ0n) is 19.2. The van der Waals surface area contributed by atoms with Gasteiger partial charge in [0.05, 0.1) is 20.8 Å². The summed E-state index contributed by atoms with van der Waals surface area (Å²) in [6, 6.07) is 23.1. The number of nitrogens with zero attached hydrogens (tertiary/aromatic N) is 2. The van der Waals surface area contributed by atoms with E-state index in [4.69, 9.17) is 14.2 Å². The number of amides is 1. The highest BCUT2D eigenvalue weighted by atomic mass is 16.5. The van der Waals surface area contributed by atoms with Gasteiger partial charge in [-0.3, -0.25) is 9.48 Å². The van der Waals surface area contributed by atoms with Gasteiger partial charge >= 0.3 is 0 Å². The summed E-state index contributed by atoms with van der Waals surface area (Å²) in [5.41, 5.74) is 3.58. The van der Waals surface area contributed by atoms with E-state index in [1.165, 1.54) is 14.2 Å². The maximum Gasteiger partial charge on any atom is 0.251 e. The fraction of sp³-hybridized carbons (Fsp3) is 0.185. The van der Waals surface area contributed by atoms with Crippen LogP contribution in [0.25, 0.3) is 0 Å². The maximum atomic E-state index is 12.8. The minimum Gasteiger partial charge on any atom is -0.493 e. The third-order valence-corrected chi connectivity index (χ3v) is 5.33. The lowest BCUT2D eigenvalue weighted by Crippen LogP contribution is -2.23. The standard InChI is InChI=1S/C27H27N3O4/c1-32-24-15-23(16-25(33-2)26(24)34-19-22-7-4-3-5-8-22)27(31)28-17-20-9-11-21(12-10-20)18-30-14-6-13-29-30/h3-16H,17-19H2,1-2H3,(H,28,31). The highest BCUT2D eigenvalue weighted by Gasteiger charge is 2.18. The van der Waals surface area contributed by atoms with Crippen LogP contribution in [0.15, 0.2) is 85.2 Å². The molecule has 0 aliphatic rings. The molecule has 0 atom stereocenters. The van der Waals surface area contributed by atoms with Crippen molar-refractivity contribution >= 4 is 5.91 Å². The molecule has 34 heavy (non-hydrogen) atoms. The Hall–Kier alpha value is -4.26. The Morgan fingerprint density at radius 3 is 2.18 bits per heavy atom. The summed E-state index contributed by atoms with van der Waals surface area (Å²) < 4.78 is 18.8. The van der Waals surface area contributed by atoms with Gasteiger partial charge in [0.25, 0.3) is 5.91 Å². The van der Waals surface area contributed by atoms with Crippen LogP contribution in [-0.4, -0.2) is 29.9 Å². The lowest BCUT2D eigenvalue weighted by atomic mass is 10.1. The molecule has 0 saturated heterocycles. The monoisotopic (exact) mass is 457 g/mol. The summed E-state index contributed by atoms with van der Waals surface area (Å²) in [7, 11) is 3.08. The minimum atomic E-state index is -0.230. The van der Waals surface area contributed by atoms with Crippen molar-refractivity contribution in [2.75, 3.05) is 14.2 Å². The number of carbonyl (C=O) groups excluding carboxylic acids is 1. The van der Waals surface area contributed by atoms with Crippen molar-refractivity contribution in [3.8, 4) is 17.2 Å². The molecule has 1 amide bonds. The Kier molecular flexibility index (Phi) is 7.45. The van der Waals surface area contributed by atoms with Crippen molar-refractivity contribution in [2.24, 2.45) is 0 Å². The van der Waals surface area contributed by atoms with Crippen molar-refractivity contribution in [1.29, 1.82) is 0 Å². The van der Waals surface area contributed by atoms with Crippen molar-refractivity contribution in [3.05, 3.63) is 107 Å². The summed E-state index contributed by atoms with van der Waals surface area (Å²) in [5.74, 6) is 1.09. The minimum absolute atomic E-state index is 0.230. The van der Waals surface area contributed by atoms with E-state index in [1.54, 1.807) is 18.3 Å². The molecule has 0 saturated carbocycles. The van der Waals surface area contributed by atoms with Crippen LogP contribution in [0.4, 0.5) is 0 Å². The van der Waals surface area contributed by atoms with Gasteiger partial charge in [-0.05, 0) is 34.9 Å². The Morgan fingerprint density at radius 2 is 1.56 bits per heavy atom. The van der Waals surface area contributed by atoms with E-state index < -0.39 is 0 Å². The molecule has 0 unspecified atom stereocenters. The molecule has 174 valence electrons. The van der Waals surface area contributed by atoms with Crippen LogP contribution < -0.4 is 19.5 Å². The van der Waals surface area contributed by atoms with Crippen LogP contribution in [0.5, 0.6) is 17.2 Å². The molecule has 7 heteroatoms. The average Bonchev–Trinajstić information content (AvgIpc) is 3.40. The number of nitrogens with one attached hydrogen (secondary N) is 1. The molecular weight excluding hydrogens is 430 g/mol. The molecule has 0 aliphatic carbocycles. The molecule has 0 radical (unpaired) electrons. The van der Waals surface area contributed by atoms with Gasteiger partial charge in [-0.25, -0.2) is 0 Å². The summed E-state index contributed by atoms with van der Waals surface area (Å²) >= 11 is 0. The molecule has 1 heterocycles. The number of ether oxygens (including phenoxy) is 3. The van der Waals surface area contributed by atoms with Gasteiger partial charge in [0, 0.05) is 24.5 Å². The Balaban J connectivity index is 1.41. The SMILES string of the molecule is COc1cc(C(=O)NCc2ccc(Cn3cccn3)cc2)cc(OC)c1OCc1ccccc1. The number of aromatic nitrogens is 2. The second-order valence-electron chi connectivity index (χ2n) is 7.69. The maximum absolute atomic E-state index is 12.8. The van der Waals surface area contributed by atoms with Gasteiger partial charge in [0.1, 0.15) is 6.61 Å². The first kappa shape index (κ1) is 22.9. The average molecular weight is 458 g/mol. The molecular formula is C27H27N3O4. The van der Waals surface area contributed by atoms with Crippen molar-refractivity contribution in [1.82, 2.24) is 15.1 Å². The lowest BCUT2D eigenvalue weighted by Gasteiger charge is -2.16. The highest BCUT2D eigenvalue weighted by molar-refractivity contribution is 5.95. The molecule has 0 spiro atoms. The Morgan fingerprint density at radius 1 is 0.882 bits per heavy atom. The second-order valence-corrected chi connectivity index (χ2v) is 7.69. The van der Waals surface area contributed by atoms with Gasteiger partial charge in [-0.15, -0.1) is 0 Å². The lowest BCUT2D eigenvalue weighted by molar-refractivity contribution is 0.0950. The fourth-order valence-electron chi connectivity index (χ4n) is 3.51. The molecule has 4 aromatic rings. The van der Waals surface area contributed by atoms with Crippen molar-refractivity contribution in [2.45, 2.75) is 19.7 Å². The molecule has 0 fully saturated rings.